The molecule has 0 saturated carbocycles. The third kappa shape index (κ3) is 3.86. The summed E-state index contributed by atoms with van der Waals surface area (Å²) in [5.41, 5.74) is -0.364. The number of hydrogen-bond donors (Lipinski definition) is 1. The third-order valence-corrected chi connectivity index (χ3v) is 6.51. The van der Waals surface area contributed by atoms with Gasteiger partial charge in [0.05, 0.1) is 28.6 Å². The molecule has 11 heteroatoms. The van der Waals surface area contributed by atoms with Gasteiger partial charge in [-0.15, -0.1) is 0 Å². The molecule has 7 nitrogen and oxygen atoms in total. The van der Waals surface area contributed by atoms with Crippen LogP contribution in [0.2, 0.25) is 0 Å². The minimum Gasteiger partial charge on any atom is -0.465 e. The van der Waals surface area contributed by atoms with Crippen molar-refractivity contribution in [3.05, 3.63) is 82.7 Å². The average molecular weight is 486 g/mol. The molecule has 3 aromatic rings. The first-order valence-corrected chi connectivity index (χ1v) is 10.7. The molecule has 0 spiro atoms. The maximum atomic E-state index is 13.8. The highest BCUT2D eigenvalue weighted by atomic mass is 19.4. The molecule has 1 N–H and O–H groups in total. The quantitative estimate of drug-likeness (QED) is 0.431. The van der Waals surface area contributed by atoms with Crippen LogP contribution in [0.15, 0.2) is 54.4 Å². The molecule has 0 radical (unpaired) electrons. The zero-order valence-electron chi connectivity index (χ0n) is 18.1. The van der Waals surface area contributed by atoms with Crippen LogP contribution < -0.4 is 0 Å². The van der Waals surface area contributed by atoms with Crippen molar-refractivity contribution in [3.8, 4) is 5.69 Å². The van der Waals surface area contributed by atoms with E-state index in [2.05, 4.69) is 10.1 Å². The topological polar surface area (TPSA) is 88.3 Å². The molecule has 2 aliphatic rings. The average Bonchev–Trinajstić information content (AvgIpc) is 3.24. The van der Waals surface area contributed by atoms with Crippen LogP contribution in [0.4, 0.5) is 22.4 Å². The highest BCUT2D eigenvalue weighted by Gasteiger charge is 2.50. The number of likely N-dealkylation sites (tertiary alicyclic amines) is 1. The summed E-state index contributed by atoms with van der Waals surface area (Å²) in [7, 11) is 0. The van der Waals surface area contributed by atoms with Crippen LogP contribution in [0.25, 0.3) is 11.8 Å². The summed E-state index contributed by atoms with van der Waals surface area (Å²) in [5, 5.41) is 14.0. The van der Waals surface area contributed by atoms with Crippen LogP contribution in [0, 0.1) is 11.2 Å². The van der Waals surface area contributed by atoms with E-state index in [1.165, 1.54) is 18.3 Å². The molecule has 2 aromatic heterocycles. The molecule has 1 amide bonds. The minimum atomic E-state index is -4.66. The molecule has 180 valence electrons. The van der Waals surface area contributed by atoms with Gasteiger partial charge in [0.1, 0.15) is 11.5 Å². The van der Waals surface area contributed by atoms with E-state index in [-0.39, 0.29) is 31.6 Å². The highest BCUT2D eigenvalue weighted by Crippen LogP contribution is 2.46. The lowest BCUT2D eigenvalue weighted by Gasteiger charge is -2.44. The van der Waals surface area contributed by atoms with E-state index in [9.17, 15) is 32.3 Å². The maximum Gasteiger partial charge on any atom is 0.416 e. The summed E-state index contributed by atoms with van der Waals surface area (Å²) in [4.78, 5) is 30.5. The molecule has 1 saturated heterocycles. The van der Waals surface area contributed by atoms with Gasteiger partial charge in [0, 0.05) is 19.3 Å². The van der Waals surface area contributed by atoms with Crippen molar-refractivity contribution < 1.29 is 32.3 Å². The molecule has 1 aromatic carbocycles. The zero-order valence-corrected chi connectivity index (χ0v) is 18.1. The molecule has 1 unspecified atom stereocenters. The number of pyridine rings is 1. The largest absolute Gasteiger partial charge is 0.465 e. The molecule has 35 heavy (non-hydrogen) atoms. The van der Waals surface area contributed by atoms with Crippen LogP contribution in [-0.2, 0) is 12.6 Å². The van der Waals surface area contributed by atoms with E-state index in [0.29, 0.717) is 28.6 Å². The summed E-state index contributed by atoms with van der Waals surface area (Å²) in [5.74, 6) is -1.09. The van der Waals surface area contributed by atoms with Crippen molar-refractivity contribution in [2.45, 2.75) is 19.0 Å². The summed E-state index contributed by atoms with van der Waals surface area (Å²) in [6, 6.07) is 7.16. The highest BCUT2D eigenvalue weighted by molar-refractivity contribution is 6.03. The van der Waals surface area contributed by atoms with E-state index >= 15 is 0 Å². The van der Waals surface area contributed by atoms with Gasteiger partial charge in [-0.1, -0.05) is 5.57 Å². The van der Waals surface area contributed by atoms with Crippen LogP contribution in [0.1, 0.15) is 33.7 Å². The van der Waals surface area contributed by atoms with E-state index < -0.39 is 34.8 Å². The Kier molecular flexibility index (Phi) is 5.22. The first kappa shape index (κ1) is 22.8. The Morgan fingerprint density at radius 1 is 1.11 bits per heavy atom. The first-order valence-electron chi connectivity index (χ1n) is 10.7. The number of amides is 1. The van der Waals surface area contributed by atoms with Gasteiger partial charge in [-0.3, -0.25) is 9.78 Å². The number of halogens is 4. The Labute approximate surface area is 196 Å². The predicted molar refractivity (Wildman–Crippen MR) is 115 cm³/mol. The second-order valence-corrected chi connectivity index (χ2v) is 8.58. The second-order valence-electron chi connectivity index (χ2n) is 8.58. The van der Waals surface area contributed by atoms with Crippen molar-refractivity contribution in [1.29, 1.82) is 0 Å². The van der Waals surface area contributed by atoms with Gasteiger partial charge < -0.3 is 10.0 Å². The van der Waals surface area contributed by atoms with Gasteiger partial charge in [-0.2, -0.15) is 18.3 Å². The molecule has 0 bridgehead atoms. The number of carbonyl (C=O) groups excluding carboxylic acids is 1. The Balaban J connectivity index is 1.61. The van der Waals surface area contributed by atoms with E-state index in [4.69, 9.17) is 0 Å². The molecule has 1 fully saturated rings. The minimum absolute atomic E-state index is 0.0376. The number of ketones is 1. The number of carbonyl (C=O) groups is 2. The van der Waals surface area contributed by atoms with Crippen molar-refractivity contribution in [2.24, 2.45) is 5.41 Å². The predicted octanol–water partition coefficient (Wildman–Crippen LogP) is 4.62. The lowest BCUT2D eigenvalue weighted by atomic mass is 9.65. The maximum absolute atomic E-state index is 13.8. The van der Waals surface area contributed by atoms with Gasteiger partial charge in [-0.25, -0.2) is 13.9 Å². The van der Waals surface area contributed by atoms with E-state index in [1.54, 1.807) is 22.9 Å². The fourth-order valence-corrected chi connectivity index (χ4v) is 4.78. The fraction of sp³-hybridized carbons (Fsp3) is 0.250. The van der Waals surface area contributed by atoms with E-state index in [1.807, 2.05) is 0 Å². The molecule has 5 rings (SSSR count). The molecule has 1 atom stereocenters. The fourth-order valence-electron chi connectivity index (χ4n) is 4.78. The van der Waals surface area contributed by atoms with Crippen LogP contribution in [0.5, 0.6) is 0 Å². The standard InChI is InChI=1S/C24H18F4N4O3/c25-17-1-3-18(4-2-17)32-20-10-15-6-8-31(22(34)35)13-23(15,11-14(20)12-30-32)21(33)19-9-16(5-7-29-19)24(26,27)28/h1-5,7,9-10,12H,6,8,11,13H2,(H,34,35). The Morgan fingerprint density at radius 3 is 2.54 bits per heavy atom. The van der Waals surface area contributed by atoms with Crippen molar-refractivity contribution in [1.82, 2.24) is 19.7 Å². The van der Waals surface area contributed by atoms with Gasteiger partial charge in [0.25, 0.3) is 0 Å². The molecule has 1 aliphatic carbocycles. The Bertz CT molecular complexity index is 1360. The van der Waals surface area contributed by atoms with Gasteiger partial charge in [-0.05, 0) is 60.9 Å². The summed E-state index contributed by atoms with van der Waals surface area (Å²) >= 11 is 0. The summed E-state index contributed by atoms with van der Waals surface area (Å²) in [6.07, 6.45) is -1.44. The summed E-state index contributed by atoms with van der Waals surface area (Å²) in [6.45, 7) is -0.0850. The number of alkyl halides is 3. The van der Waals surface area contributed by atoms with Crippen molar-refractivity contribution >= 4 is 18.0 Å². The number of carboxylic acid groups (broad SMARTS) is 1. The number of aromatic nitrogens is 3. The van der Waals surface area contributed by atoms with E-state index in [0.717, 1.165) is 17.2 Å². The lowest BCUT2D eigenvalue weighted by Crippen LogP contribution is -2.53. The van der Waals surface area contributed by atoms with Crippen LogP contribution >= 0.6 is 0 Å². The normalized spacial score (nSPS) is 19.5. The smallest absolute Gasteiger partial charge is 0.416 e. The number of Topliss-reactive ketones (excluding diaryl/α,β-unsaturated/α-hetero) is 1. The molecular weight excluding hydrogens is 468 g/mol. The second kappa shape index (κ2) is 8.03. The third-order valence-electron chi connectivity index (χ3n) is 6.51. The van der Waals surface area contributed by atoms with Crippen molar-refractivity contribution in [3.63, 3.8) is 0 Å². The monoisotopic (exact) mass is 486 g/mol. The Hall–Kier alpha value is -4.02. The number of rotatable bonds is 3. The zero-order chi connectivity index (χ0) is 25.0. The number of fused-ring (bicyclic) bond motifs is 2. The van der Waals surface area contributed by atoms with Gasteiger partial charge >= 0.3 is 12.3 Å². The number of hydrogen-bond acceptors (Lipinski definition) is 4. The Morgan fingerprint density at radius 2 is 1.86 bits per heavy atom. The summed E-state index contributed by atoms with van der Waals surface area (Å²) < 4.78 is 54.8. The lowest BCUT2D eigenvalue weighted by molar-refractivity contribution is -0.137. The van der Waals surface area contributed by atoms with Crippen molar-refractivity contribution in [2.75, 3.05) is 13.1 Å². The first-order chi connectivity index (χ1) is 16.6. The molecule has 1 aliphatic heterocycles. The molecule has 3 heterocycles. The number of piperidine rings is 1. The molecular formula is C24H18F4N4O3. The van der Waals surface area contributed by atoms with Crippen LogP contribution in [-0.4, -0.2) is 49.7 Å². The van der Waals surface area contributed by atoms with Crippen LogP contribution in [0.3, 0.4) is 0 Å². The number of nitrogens with zero attached hydrogens (tertiary/aromatic N) is 4. The van der Waals surface area contributed by atoms with Gasteiger partial charge in [0.2, 0.25) is 0 Å². The van der Waals surface area contributed by atoms with Gasteiger partial charge in [0.15, 0.2) is 5.78 Å². The number of benzene rings is 1. The SMILES string of the molecule is O=C(O)N1CCC2=Cc3c(cnn3-c3ccc(F)cc3)CC2(C(=O)c2cc(C(F)(F)F)ccn2)C1.